The van der Waals surface area contributed by atoms with Crippen LogP contribution < -0.4 is 0 Å². The van der Waals surface area contributed by atoms with Crippen LogP contribution >= 0.6 is 0 Å². The van der Waals surface area contributed by atoms with Crippen molar-refractivity contribution in [3.8, 4) is 33.4 Å². The molecule has 1 heterocycles. The Bertz CT molecular complexity index is 5140. The summed E-state index contributed by atoms with van der Waals surface area (Å²) in [6.45, 7) is 0. The van der Waals surface area contributed by atoms with E-state index in [0.717, 1.165) is 16.6 Å². The van der Waals surface area contributed by atoms with E-state index in [4.69, 9.17) is 4.42 Å². The van der Waals surface area contributed by atoms with Crippen molar-refractivity contribution in [1.82, 2.24) is 0 Å². The first-order valence-electron chi connectivity index (χ1n) is 25.4. The van der Waals surface area contributed by atoms with Crippen molar-refractivity contribution >= 4 is 140 Å². The normalized spacial score (nSPS) is 12.4. The Morgan fingerprint density at radius 3 is 1.23 bits per heavy atom. The predicted octanol–water partition coefficient (Wildman–Crippen LogP) is 20.7. The molecule has 73 heavy (non-hydrogen) atoms. The van der Waals surface area contributed by atoms with Gasteiger partial charge >= 0.3 is 0 Å². The van der Waals surface area contributed by atoms with Crippen LogP contribution in [-0.4, -0.2) is 0 Å². The third kappa shape index (κ3) is 5.30. The van der Waals surface area contributed by atoms with E-state index in [-0.39, 0.29) is 0 Å². The molecule has 0 amide bonds. The second-order valence-corrected chi connectivity index (χ2v) is 20.1. The van der Waals surface area contributed by atoms with Gasteiger partial charge in [0.15, 0.2) is 0 Å². The number of furan rings is 1. The molecule has 0 radical (unpaired) electrons. The lowest BCUT2D eigenvalue weighted by atomic mass is 9.80. The van der Waals surface area contributed by atoms with Gasteiger partial charge in [0.05, 0.1) is 0 Å². The van der Waals surface area contributed by atoms with Crippen LogP contribution in [0.5, 0.6) is 0 Å². The molecule has 0 spiro atoms. The van der Waals surface area contributed by atoms with Gasteiger partial charge in [-0.1, -0.05) is 218 Å². The summed E-state index contributed by atoms with van der Waals surface area (Å²) in [4.78, 5) is 0. The van der Waals surface area contributed by atoms with Crippen LogP contribution in [-0.2, 0) is 0 Å². The average Bonchev–Trinajstić information content (AvgIpc) is 3.83. The molecule has 0 bridgehead atoms. The topological polar surface area (TPSA) is 13.1 Å². The van der Waals surface area contributed by atoms with Gasteiger partial charge in [-0.3, -0.25) is 0 Å². The smallest absolute Gasteiger partial charge is 0.136 e. The third-order valence-corrected chi connectivity index (χ3v) is 16.5. The summed E-state index contributed by atoms with van der Waals surface area (Å²) in [5, 5.41) is 29.9. The summed E-state index contributed by atoms with van der Waals surface area (Å²) in [5.74, 6) is 0. The fraction of sp³-hybridized carbons (Fsp3) is 0. The lowest BCUT2D eigenvalue weighted by Crippen LogP contribution is -1.95. The maximum absolute atomic E-state index is 6.69. The molecule has 334 valence electrons. The fourth-order valence-electron chi connectivity index (χ4n) is 13.5. The Kier molecular flexibility index (Phi) is 7.79. The second kappa shape index (κ2) is 14.5. The van der Waals surface area contributed by atoms with Crippen molar-refractivity contribution in [2.75, 3.05) is 0 Å². The summed E-state index contributed by atoms with van der Waals surface area (Å²) in [6, 6.07) is 90.8. The maximum Gasteiger partial charge on any atom is 0.136 e. The molecule has 0 unspecified atom stereocenters. The summed E-state index contributed by atoms with van der Waals surface area (Å²) in [7, 11) is 0. The zero-order chi connectivity index (χ0) is 47.5. The molecule has 0 atom stereocenters. The molecule has 1 aromatic heterocycles. The lowest BCUT2D eigenvalue weighted by Gasteiger charge is -2.23. The second-order valence-electron chi connectivity index (χ2n) is 20.1. The van der Waals surface area contributed by atoms with Crippen molar-refractivity contribution < 1.29 is 4.42 Å². The number of rotatable bonds is 3. The standard InChI is InChI=1S/C72H40O/c1-2-17-46-41(14-1)33-37-64-70(46)63-39-61-48-19-4-3-18-47(48)60-38-45(32-34-49(60)62(61)40-65(63)73-64)67-50-20-5-9-24-54(50)71(55-25-10-6-21-51(55)67)72-56-26-11-7-22-52(56)69(53-23-8-12-27-57(53)72)59-36-31-44-29-28-42-15-13-16-43-30-35-58(59)68(44)66(42)43/h1-40H. The highest BCUT2D eigenvalue weighted by molar-refractivity contribution is 6.34. The van der Waals surface area contributed by atoms with Crippen molar-refractivity contribution in [3.05, 3.63) is 243 Å². The molecule has 1 heteroatoms. The van der Waals surface area contributed by atoms with Crippen LogP contribution in [0.15, 0.2) is 247 Å². The molecule has 17 aromatic rings. The van der Waals surface area contributed by atoms with E-state index in [1.165, 1.54) is 157 Å². The Labute approximate surface area is 418 Å². The number of hydrogen-bond acceptors (Lipinski definition) is 1. The van der Waals surface area contributed by atoms with Gasteiger partial charge in [-0.2, -0.15) is 0 Å². The minimum atomic E-state index is 0.913. The fourth-order valence-corrected chi connectivity index (χ4v) is 13.5. The Morgan fingerprint density at radius 2 is 0.616 bits per heavy atom. The Hall–Kier alpha value is -9.56. The summed E-state index contributed by atoms with van der Waals surface area (Å²) >= 11 is 0. The van der Waals surface area contributed by atoms with E-state index >= 15 is 0 Å². The minimum absolute atomic E-state index is 0.913. The first-order valence-corrected chi connectivity index (χ1v) is 25.4. The zero-order valence-electron chi connectivity index (χ0n) is 39.5. The Morgan fingerprint density at radius 1 is 0.192 bits per heavy atom. The van der Waals surface area contributed by atoms with Gasteiger partial charge in [-0.15, -0.1) is 0 Å². The SMILES string of the molecule is c1ccc2c(c1)ccc1oc3cc4c5ccc(-c6c7ccccc7c(-c7c8ccccc8c(-c8ccc9ccc%10cccc%11ccc8c9c%10%11)c8ccccc78)c7ccccc67)cc5c5ccccc5c4cc3c12. The van der Waals surface area contributed by atoms with Gasteiger partial charge in [0, 0.05) is 10.8 Å². The van der Waals surface area contributed by atoms with E-state index in [1.807, 2.05) is 0 Å². The Balaban J connectivity index is 0.932. The van der Waals surface area contributed by atoms with E-state index in [0.29, 0.717) is 0 Å². The molecular formula is C72H40O. The predicted molar refractivity (Wildman–Crippen MR) is 314 cm³/mol. The van der Waals surface area contributed by atoms with E-state index in [1.54, 1.807) is 0 Å². The lowest BCUT2D eigenvalue weighted by molar-refractivity contribution is 0.670. The van der Waals surface area contributed by atoms with Crippen LogP contribution in [0.2, 0.25) is 0 Å². The molecule has 17 rings (SSSR count). The molecule has 0 fully saturated rings. The molecule has 0 saturated carbocycles. The molecule has 1 nitrogen and oxygen atoms in total. The zero-order valence-corrected chi connectivity index (χ0v) is 39.5. The average molecular weight is 921 g/mol. The van der Waals surface area contributed by atoms with Crippen molar-refractivity contribution in [2.45, 2.75) is 0 Å². The monoisotopic (exact) mass is 920 g/mol. The van der Waals surface area contributed by atoms with Gasteiger partial charge in [-0.05, 0) is 176 Å². The first kappa shape index (κ1) is 39.2. The largest absolute Gasteiger partial charge is 0.456 e. The molecule has 16 aromatic carbocycles. The van der Waals surface area contributed by atoms with Crippen molar-refractivity contribution in [1.29, 1.82) is 0 Å². The number of fused-ring (bicyclic) bond motifs is 15. The first-order chi connectivity index (χ1) is 36.2. The summed E-state index contributed by atoms with van der Waals surface area (Å²) in [6.07, 6.45) is 0. The molecular weight excluding hydrogens is 881 g/mol. The molecule has 0 N–H and O–H groups in total. The van der Waals surface area contributed by atoms with Gasteiger partial charge < -0.3 is 4.42 Å². The molecule has 0 aliphatic rings. The number of benzene rings is 16. The molecule has 0 aliphatic heterocycles. The van der Waals surface area contributed by atoms with Gasteiger partial charge in [-0.25, -0.2) is 0 Å². The minimum Gasteiger partial charge on any atom is -0.456 e. The van der Waals surface area contributed by atoms with Crippen LogP contribution in [0.1, 0.15) is 0 Å². The van der Waals surface area contributed by atoms with Crippen LogP contribution in [0.4, 0.5) is 0 Å². The highest BCUT2D eigenvalue weighted by Gasteiger charge is 2.24. The van der Waals surface area contributed by atoms with Gasteiger partial charge in [0.25, 0.3) is 0 Å². The van der Waals surface area contributed by atoms with Gasteiger partial charge in [0.1, 0.15) is 11.2 Å². The highest BCUT2D eigenvalue weighted by atomic mass is 16.3. The quantitative estimate of drug-likeness (QED) is 0.127. The van der Waals surface area contributed by atoms with Crippen molar-refractivity contribution in [3.63, 3.8) is 0 Å². The highest BCUT2D eigenvalue weighted by Crippen LogP contribution is 2.52. The molecule has 0 saturated heterocycles. The van der Waals surface area contributed by atoms with Gasteiger partial charge in [0.2, 0.25) is 0 Å². The van der Waals surface area contributed by atoms with Crippen LogP contribution in [0.25, 0.3) is 174 Å². The van der Waals surface area contributed by atoms with E-state index in [9.17, 15) is 0 Å². The molecule has 0 aliphatic carbocycles. The van der Waals surface area contributed by atoms with E-state index in [2.05, 4.69) is 243 Å². The summed E-state index contributed by atoms with van der Waals surface area (Å²) in [5.41, 5.74) is 9.37. The summed E-state index contributed by atoms with van der Waals surface area (Å²) < 4.78 is 6.69. The number of hydrogen-bond donors (Lipinski definition) is 0. The van der Waals surface area contributed by atoms with E-state index < -0.39 is 0 Å². The van der Waals surface area contributed by atoms with Crippen LogP contribution in [0.3, 0.4) is 0 Å². The maximum atomic E-state index is 6.69. The van der Waals surface area contributed by atoms with Crippen molar-refractivity contribution in [2.24, 2.45) is 0 Å². The third-order valence-electron chi connectivity index (χ3n) is 16.5. The van der Waals surface area contributed by atoms with Crippen LogP contribution in [0, 0.1) is 0 Å².